The van der Waals surface area contributed by atoms with E-state index < -0.39 is 17.4 Å². The van der Waals surface area contributed by atoms with Gasteiger partial charge in [-0.15, -0.1) is 0 Å². The standard InChI is InChI=1S/C31H43F3O2/c1-27(35)18-19-29(3)23(20-27)11-13-24-25-14-12-21(28(25,2)17-15-26(24)29)10-7-16-30(36,31(32,33)34)22-8-5-4-6-9-22/h4-6,8-9,11,21,24-26,35-36H,7,10,12-20H2,1-3H3/t21-,24-,25-,26-,27-,28+,29-,30?/m0/s1. The maximum Gasteiger partial charge on any atom is 0.421 e. The van der Waals surface area contributed by atoms with Crippen molar-refractivity contribution in [1.29, 1.82) is 0 Å². The lowest BCUT2D eigenvalue weighted by molar-refractivity contribution is -0.269. The summed E-state index contributed by atoms with van der Waals surface area (Å²) in [5, 5.41) is 21.5. The summed E-state index contributed by atoms with van der Waals surface area (Å²) in [6.07, 6.45) is 6.95. The van der Waals surface area contributed by atoms with Gasteiger partial charge in [0.15, 0.2) is 5.60 Å². The van der Waals surface area contributed by atoms with E-state index in [4.69, 9.17) is 0 Å². The van der Waals surface area contributed by atoms with E-state index in [1.165, 1.54) is 30.5 Å². The molecular weight excluding hydrogens is 461 g/mol. The summed E-state index contributed by atoms with van der Waals surface area (Å²) in [6, 6.07) is 7.57. The molecule has 4 aliphatic rings. The zero-order valence-electron chi connectivity index (χ0n) is 22.1. The minimum absolute atomic E-state index is 0.0574. The lowest BCUT2D eigenvalue weighted by Crippen LogP contribution is -2.51. The smallest absolute Gasteiger partial charge is 0.390 e. The first-order valence-electron chi connectivity index (χ1n) is 14.1. The van der Waals surface area contributed by atoms with Crippen LogP contribution in [0, 0.1) is 34.5 Å². The van der Waals surface area contributed by atoms with Crippen LogP contribution < -0.4 is 0 Å². The monoisotopic (exact) mass is 504 g/mol. The number of hydrogen-bond donors (Lipinski definition) is 2. The Hall–Kier alpha value is -1.33. The van der Waals surface area contributed by atoms with Crippen LogP contribution in [0.2, 0.25) is 0 Å². The zero-order chi connectivity index (χ0) is 26.0. The molecule has 200 valence electrons. The highest BCUT2D eigenvalue weighted by atomic mass is 19.4. The summed E-state index contributed by atoms with van der Waals surface area (Å²) in [7, 11) is 0. The first-order chi connectivity index (χ1) is 16.8. The topological polar surface area (TPSA) is 40.5 Å². The zero-order valence-corrected chi connectivity index (χ0v) is 22.1. The molecule has 3 fully saturated rings. The molecule has 0 aromatic heterocycles. The SMILES string of the molecule is C[C@]1(O)CC[C@@]2(C)C(=CC[C@H]3[C@@H]4CC[C@H](CCCC(O)(c5ccccc5)C(F)(F)F)[C@@]4(C)CC[C@@H]32)C1. The van der Waals surface area contributed by atoms with Crippen molar-refractivity contribution in [1.82, 2.24) is 0 Å². The van der Waals surface area contributed by atoms with E-state index in [2.05, 4.69) is 19.9 Å². The fourth-order valence-corrected chi connectivity index (χ4v) is 9.16. The van der Waals surface area contributed by atoms with Crippen LogP contribution in [0.1, 0.15) is 97.0 Å². The van der Waals surface area contributed by atoms with Crippen LogP contribution in [0.4, 0.5) is 13.2 Å². The second kappa shape index (κ2) is 8.86. The molecule has 0 aliphatic heterocycles. The first kappa shape index (κ1) is 26.3. The molecule has 1 unspecified atom stereocenters. The highest BCUT2D eigenvalue weighted by Gasteiger charge is 2.59. The van der Waals surface area contributed by atoms with Gasteiger partial charge in [0.1, 0.15) is 0 Å². The Labute approximate surface area is 214 Å². The van der Waals surface area contributed by atoms with Crippen molar-refractivity contribution in [2.24, 2.45) is 34.5 Å². The second-order valence-corrected chi connectivity index (χ2v) is 13.4. The van der Waals surface area contributed by atoms with Crippen molar-refractivity contribution in [2.45, 2.75) is 109 Å². The summed E-state index contributed by atoms with van der Waals surface area (Å²) < 4.78 is 41.9. The van der Waals surface area contributed by atoms with Crippen LogP contribution in [0.15, 0.2) is 42.0 Å². The van der Waals surface area contributed by atoms with Crippen molar-refractivity contribution >= 4 is 0 Å². The van der Waals surface area contributed by atoms with Crippen molar-refractivity contribution in [3.63, 3.8) is 0 Å². The number of rotatable bonds is 5. The van der Waals surface area contributed by atoms with E-state index in [-0.39, 0.29) is 22.8 Å². The summed E-state index contributed by atoms with van der Waals surface area (Å²) in [5.74, 6) is 2.33. The molecule has 0 saturated heterocycles. The minimum atomic E-state index is -4.69. The van der Waals surface area contributed by atoms with Crippen LogP contribution in [0.25, 0.3) is 0 Å². The Morgan fingerprint density at radius 3 is 2.36 bits per heavy atom. The van der Waals surface area contributed by atoms with Gasteiger partial charge in [-0.1, -0.05) is 55.8 Å². The van der Waals surface area contributed by atoms with Crippen molar-refractivity contribution in [2.75, 3.05) is 0 Å². The number of alkyl halides is 3. The van der Waals surface area contributed by atoms with E-state index in [1.807, 2.05) is 6.92 Å². The molecule has 36 heavy (non-hydrogen) atoms. The van der Waals surface area contributed by atoms with Crippen LogP contribution >= 0.6 is 0 Å². The molecule has 1 aromatic rings. The number of allylic oxidation sites excluding steroid dienone is 1. The van der Waals surface area contributed by atoms with Gasteiger partial charge in [0.2, 0.25) is 0 Å². The normalized spacial score (nSPS) is 42.1. The highest BCUT2D eigenvalue weighted by Crippen LogP contribution is 2.67. The largest absolute Gasteiger partial charge is 0.421 e. The molecule has 0 amide bonds. The van der Waals surface area contributed by atoms with Crippen LogP contribution in [-0.4, -0.2) is 22.0 Å². The summed E-state index contributed by atoms with van der Waals surface area (Å²) in [4.78, 5) is 0. The molecule has 0 bridgehead atoms. The Morgan fingerprint density at radius 2 is 1.67 bits per heavy atom. The van der Waals surface area contributed by atoms with Gasteiger partial charge in [-0.05, 0) is 118 Å². The first-order valence-corrected chi connectivity index (χ1v) is 14.1. The predicted octanol–water partition coefficient (Wildman–Crippen LogP) is 7.94. The number of aliphatic hydroxyl groups is 2. The molecule has 8 atom stereocenters. The lowest BCUT2D eigenvalue weighted by atomic mass is 9.46. The second-order valence-electron chi connectivity index (χ2n) is 13.4. The van der Waals surface area contributed by atoms with E-state index in [1.54, 1.807) is 18.2 Å². The molecule has 0 spiro atoms. The van der Waals surface area contributed by atoms with E-state index in [0.717, 1.165) is 44.9 Å². The molecule has 1 aromatic carbocycles. The summed E-state index contributed by atoms with van der Waals surface area (Å²) >= 11 is 0. The Balaban J connectivity index is 1.28. The average molecular weight is 505 g/mol. The fraction of sp³-hybridized carbons (Fsp3) is 0.742. The predicted molar refractivity (Wildman–Crippen MR) is 136 cm³/mol. The van der Waals surface area contributed by atoms with E-state index in [0.29, 0.717) is 30.1 Å². The highest BCUT2D eigenvalue weighted by molar-refractivity contribution is 5.27. The van der Waals surface area contributed by atoms with Gasteiger partial charge in [0.05, 0.1) is 5.60 Å². The van der Waals surface area contributed by atoms with Gasteiger partial charge in [-0.3, -0.25) is 0 Å². The minimum Gasteiger partial charge on any atom is -0.390 e. The fourth-order valence-electron chi connectivity index (χ4n) is 9.16. The van der Waals surface area contributed by atoms with E-state index in [9.17, 15) is 23.4 Å². The van der Waals surface area contributed by atoms with Gasteiger partial charge in [0.25, 0.3) is 0 Å². The number of fused-ring (bicyclic) bond motifs is 5. The van der Waals surface area contributed by atoms with Crippen molar-refractivity contribution in [3.8, 4) is 0 Å². The Morgan fingerprint density at radius 1 is 0.944 bits per heavy atom. The Kier molecular flexibility index (Phi) is 6.47. The summed E-state index contributed by atoms with van der Waals surface area (Å²) in [6.45, 7) is 6.81. The average Bonchev–Trinajstić information content (AvgIpc) is 3.15. The molecule has 5 heteroatoms. The Bertz CT molecular complexity index is 985. The molecular formula is C31H43F3O2. The van der Waals surface area contributed by atoms with Crippen LogP contribution in [0.3, 0.4) is 0 Å². The maximum atomic E-state index is 14.0. The maximum absolute atomic E-state index is 14.0. The number of benzene rings is 1. The molecule has 4 aliphatic carbocycles. The van der Waals surface area contributed by atoms with Crippen molar-refractivity contribution < 1.29 is 23.4 Å². The lowest BCUT2D eigenvalue weighted by Gasteiger charge is -2.59. The van der Waals surface area contributed by atoms with Gasteiger partial charge in [-0.2, -0.15) is 13.2 Å². The quantitative estimate of drug-likeness (QED) is 0.400. The third kappa shape index (κ3) is 4.17. The molecule has 0 heterocycles. The van der Waals surface area contributed by atoms with Gasteiger partial charge < -0.3 is 10.2 Å². The summed E-state index contributed by atoms with van der Waals surface area (Å²) in [5.41, 5.74) is -1.61. The number of halogens is 3. The van der Waals surface area contributed by atoms with Crippen LogP contribution in [-0.2, 0) is 5.60 Å². The van der Waals surface area contributed by atoms with Gasteiger partial charge in [-0.25, -0.2) is 0 Å². The van der Waals surface area contributed by atoms with Gasteiger partial charge in [0, 0.05) is 0 Å². The molecule has 2 N–H and O–H groups in total. The van der Waals surface area contributed by atoms with Gasteiger partial charge >= 0.3 is 6.18 Å². The molecule has 5 rings (SSSR count). The van der Waals surface area contributed by atoms with E-state index >= 15 is 0 Å². The van der Waals surface area contributed by atoms with Crippen molar-refractivity contribution in [3.05, 3.63) is 47.5 Å². The third-order valence-electron chi connectivity index (χ3n) is 11.4. The number of hydrogen-bond acceptors (Lipinski definition) is 2. The molecule has 2 nitrogen and oxygen atoms in total. The molecule has 3 saturated carbocycles. The third-order valence-corrected chi connectivity index (χ3v) is 11.4. The van der Waals surface area contributed by atoms with Crippen LogP contribution in [0.5, 0.6) is 0 Å². The molecule has 0 radical (unpaired) electrons.